The lowest BCUT2D eigenvalue weighted by atomic mass is 9.95. The number of rotatable bonds is 3. The van der Waals surface area contributed by atoms with Crippen molar-refractivity contribution in [2.45, 2.75) is 25.8 Å². The number of pyridine rings is 1. The lowest BCUT2D eigenvalue weighted by Gasteiger charge is -2.13. The minimum absolute atomic E-state index is 0.0117. The summed E-state index contributed by atoms with van der Waals surface area (Å²) >= 11 is 1.44. The van der Waals surface area contributed by atoms with Crippen molar-refractivity contribution in [2.24, 2.45) is 0 Å². The molecule has 1 aliphatic rings. The van der Waals surface area contributed by atoms with E-state index in [1.165, 1.54) is 11.3 Å². The van der Waals surface area contributed by atoms with Gasteiger partial charge in [-0.05, 0) is 12.5 Å². The number of nitrogen functional groups attached to an aromatic ring is 1. The Morgan fingerprint density at radius 2 is 2.38 bits per heavy atom. The fourth-order valence-corrected chi connectivity index (χ4v) is 3.39. The van der Waals surface area contributed by atoms with Gasteiger partial charge in [0, 0.05) is 29.5 Å². The van der Waals surface area contributed by atoms with Gasteiger partial charge in [0.2, 0.25) is 11.8 Å². The van der Waals surface area contributed by atoms with Crippen molar-refractivity contribution in [3.8, 4) is 5.88 Å². The van der Waals surface area contributed by atoms with Gasteiger partial charge in [0.05, 0.1) is 18.8 Å². The summed E-state index contributed by atoms with van der Waals surface area (Å²) in [5.74, 6) is 0.543. The monoisotopic (exact) mass is 304 g/mol. The number of amides is 1. The molecule has 3 N–H and O–H groups in total. The summed E-state index contributed by atoms with van der Waals surface area (Å²) in [6.07, 6.45) is 2.14. The summed E-state index contributed by atoms with van der Waals surface area (Å²) in [6.45, 7) is 2.92. The average Bonchev–Trinajstić information content (AvgIpc) is 2.78. The quantitative estimate of drug-likeness (QED) is 0.900. The van der Waals surface area contributed by atoms with E-state index in [1.54, 1.807) is 6.20 Å². The first-order valence-corrected chi connectivity index (χ1v) is 7.59. The van der Waals surface area contributed by atoms with Gasteiger partial charge in [-0.25, -0.2) is 9.97 Å². The smallest absolute Gasteiger partial charge is 0.221 e. The molecule has 3 heterocycles. The Morgan fingerprint density at radius 3 is 3.10 bits per heavy atom. The van der Waals surface area contributed by atoms with Gasteiger partial charge in [-0.15, -0.1) is 11.3 Å². The van der Waals surface area contributed by atoms with E-state index < -0.39 is 0 Å². The van der Waals surface area contributed by atoms with Gasteiger partial charge in [0.1, 0.15) is 0 Å². The number of anilines is 1. The number of hydrogen-bond acceptors (Lipinski definition) is 6. The highest BCUT2D eigenvalue weighted by Crippen LogP contribution is 2.37. The molecular formula is C14H16N4O2S. The molecule has 110 valence electrons. The van der Waals surface area contributed by atoms with Crippen LogP contribution < -0.4 is 15.8 Å². The van der Waals surface area contributed by atoms with Gasteiger partial charge in [0.25, 0.3) is 0 Å². The zero-order valence-corrected chi connectivity index (χ0v) is 12.4. The number of thiazole rings is 1. The van der Waals surface area contributed by atoms with Crippen LogP contribution in [0.1, 0.15) is 35.4 Å². The maximum absolute atomic E-state index is 11.9. The molecule has 0 aromatic carbocycles. The Labute approximate surface area is 126 Å². The third kappa shape index (κ3) is 2.82. The third-order valence-electron chi connectivity index (χ3n) is 3.36. The van der Waals surface area contributed by atoms with E-state index in [4.69, 9.17) is 10.5 Å². The molecule has 0 saturated heterocycles. The molecule has 0 fully saturated rings. The van der Waals surface area contributed by atoms with Crippen LogP contribution in [0, 0.1) is 0 Å². The standard InChI is InChI=1S/C14H16N4O2S/c1-2-20-12-4-3-8(6-17-12)9-5-11(19)16-7-10-13(9)21-14(15)18-10/h3-4,6,9H,2,5,7H2,1H3,(H2,15,18)(H,16,19). The molecule has 3 rings (SSSR count). The van der Waals surface area contributed by atoms with Crippen molar-refractivity contribution in [3.05, 3.63) is 34.5 Å². The van der Waals surface area contributed by atoms with E-state index in [-0.39, 0.29) is 11.8 Å². The Morgan fingerprint density at radius 1 is 1.52 bits per heavy atom. The van der Waals surface area contributed by atoms with Crippen molar-refractivity contribution in [3.63, 3.8) is 0 Å². The molecule has 7 heteroatoms. The Balaban J connectivity index is 1.96. The Bertz CT molecular complexity index is 653. The number of ether oxygens (including phenoxy) is 1. The second-order valence-corrected chi connectivity index (χ2v) is 5.82. The number of nitrogens with one attached hydrogen (secondary N) is 1. The molecule has 0 spiro atoms. The Hall–Kier alpha value is -2.15. The lowest BCUT2D eigenvalue weighted by molar-refractivity contribution is -0.121. The summed E-state index contributed by atoms with van der Waals surface area (Å²) in [5, 5.41) is 3.38. The van der Waals surface area contributed by atoms with Gasteiger partial charge >= 0.3 is 0 Å². The second-order valence-electron chi connectivity index (χ2n) is 4.76. The highest BCUT2D eigenvalue weighted by molar-refractivity contribution is 7.15. The van der Waals surface area contributed by atoms with Gasteiger partial charge in [-0.2, -0.15) is 0 Å². The first-order valence-electron chi connectivity index (χ1n) is 6.78. The number of fused-ring (bicyclic) bond motifs is 1. The van der Waals surface area contributed by atoms with E-state index in [9.17, 15) is 4.79 Å². The first kappa shape index (κ1) is 13.8. The normalized spacial score (nSPS) is 17.8. The first-order chi connectivity index (χ1) is 10.2. The number of carbonyl (C=O) groups excluding carboxylic acids is 1. The van der Waals surface area contributed by atoms with Crippen LogP contribution in [-0.2, 0) is 11.3 Å². The van der Waals surface area contributed by atoms with Gasteiger partial charge in [-0.1, -0.05) is 6.07 Å². The van der Waals surface area contributed by atoms with Crippen molar-refractivity contribution < 1.29 is 9.53 Å². The van der Waals surface area contributed by atoms with Crippen molar-refractivity contribution in [1.29, 1.82) is 0 Å². The fraction of sp³-hybridized carbons (Fsp3) is 0.357. The summed E-state index contributed by atoms with van der Waals surface area (Å²) in [4.78, 5) is 21.5. The predicted molar refractivity (Wildman–Crippen MR) is 80.2 cm³/mol. The summed E-state index contributed by atoms with van der Waals surface area (Å²) in [5.41, 5.74) is 7.63. The lowest BCUT2D eigenvalue weighted by Crippen LogP contribution is -2.21. The molecule has 2 aromatic rings. The minimum atomic E-state index is -0.0551. The van der Waals surface area contributed by atoms with Crippen LogP contribution in [-0.4, -0.2) is 22.5 Å². The van der Waals surface area contributed by atoms with Gasteiger partial charge < -0.3 is 15.8 Å². The highest BCUT2D eigenvalue weighted by atomic mass is 32.1. The largest absolute Gasteiger partial charge is 0.478 e. The van der Waals surface area contributed by atoms with Crippen molar-refractivity contribution in [1.82, 2.24) is 15.3 Å². The van der Waals surface area contributed by atoms with Crippen LogP contribution in [0.15, 0.2) is 18.3 Å². The number of carbonyl (C=O) groups is 1. The minimum Gasteiger partial charge on any atom is -0.478 e. The molecule has 1 amide bonds. The van der Waals surface area contributed by atoms with E-state index in [2.05, 4.69) is 15.3 Å². The number of nitrogens with zero attached hydrogens (tertiary/aromatic N) is 2. The van der Waals surface area contributed by atoms with Crippen LogP contribution in [0.3, 0.4) is 0 Å². The highest BCUT2D eigenvalue weighted by Gasteiger charge is 2.27. The van der Waals surface area contributed by atoms with Crippen LogP contribution >= 0.6 is 11.3 Å². The van der Waals surface area contributed by atoms with Crippen LogP contribution in [0.5, 0.6) is 5.88 Å². The van der Waals surface area contributed by atoms with Gasteiger partial charge in [0.15, 0.2) is 5.13 Å². The molecule has 1 atom stereocenters. The zero-order valence-electron chi connectivity index (χ0n) is 11.6. The predicted octanol–water partition coefficient (Wildman–Crippen LogP) is 1.67. The summed E-state index contributed by atoms with van der Waals surface area (Å²) in [6, 6.07) is 3.77. The number of nitrogens with two attached hydrogens (primary N) is 1. The molecular weight excluding hydrogens is 288 g/mol. The SMILES string of the molecule is CCOc1ccc(C2CC(=O)NCc3nc(N)sc32)cn1. The molecule has 6 nitrogen and oxygen atoms in total. The molecule has 21 heavy (non-hydrogen) atoms. The molecule has 0 aliphatic carbocycles. The van der Waals surface area contributed by atoms with Crippen LogP contribution in [0.2, 0.25) is 0 Å². The average molecular weight is 304 g/mol. The van der Waals surface area contributed by atoms with E-state index in [1.807, 2.05) is 19.1 Å². The number of hydrogen-bond donors (Lipinski definition) is 2. The maximum atomic E-state index is 11.9. The Kier molecular flexibility index (Phi) is 3.74. The maximum Gasteiger partial charge on any atom is 0.221 e. The third-order valence-corrected chi connectivity index (χ3v) is 4.40. The molecule has 0 saturated carbocycles. The van der Waals surface area contributed by atoms with E-state index >= 15 is 0 Å². The summed E-state index contributed by atoms with van der Waals surface area (Å²) < 4.78 is 5.35. The molecule has 0 bridgehead atoms. The zero-order chi connectivity index (χ0) is 14.8. The molecule has 1 unspecified atom stereocenters. The molecule has 1 aliphatic heterocycles. The summed E-state index contributed by atoms with van der Waals surface area (Å²) in [7, 11) is 0. The molecule has 2 aromatic heterocycles. The number of aromatic nitrogens is 2. The van der Waals surface area contributed by atoms with Crippen molar-refractivity contribution >= 4 is 22.4 Å². The fourth-order valence-electron chi connectivity index (χ4n) is 2.41. The van der Waals surface area contributed by atoms with E-state index in [0.29, 0.717) is 30.6 Å². The van der Waals surface area contributed by atoms with E-state index in [0.717, 1.165) is 16.1 Å². The van der Waals surface area contributed by atoms with Crippen LogP contribution in [0.4, 0.5) is 5.13 Å². The second kappa shape index (κ2) is 5.69. The van der Waals surface area contributed by atoms with Crippen molar-refractivity contribution in [2.75, 3.05) is 12.3 Å². The van der Waals surface area contributed by atoms with Crippen LogP contribution in [0.25, 0.3) is 0 Å². The topological polar surface area (TPSA) is 90.1 Å². The molecule has 0 radical (unpaired) electrons. The van der Waals surface area contributed by atoms with Gasteiger partial charge in [-0.3, -0.25) is 4.79 Å².